The monoisotopic (exact) mass is 451 g/mol. The summed E-state index contributed by atoms with van der Waals surface area (Å²) in [4.78, 5) is 4.21. The second-order valence-electron chi connectivity index (χ2n) is 5.20. The van der Waals surface area contributed by atoms with Crippen molar-refractivity contribution >= 4 is 35.6 Å². The van der Waals surface area contributed by atoms with Gasteiger partial charge in [-0.05, 0) is 39.3 Å². The van der Waals surface area contributed by atoms with Crippen molar-refractivity contribution in [3.05, 3.63) is 18.2 Å². The Morgan fingerprint density at radius 1 is 1.25 bits per heavy atom. The van der Waals surface area contributed by atoms with E-state index in [9.17, 15) is 0 Å². The highest BCUT2D eigenvalue weighted by atomic mass is 127. The fraction of sp³-hybridized carbons (Fsp3) is 0.588. The second kappa shape index (κ2) is 13.1. The summed E-state index contributed by atoms with van der Waals surface area (Å²) in [5.74, 6) is 2.13. The lowest BCUT2D eigenvalue weighted by atomic mass is 10.2. The molecule has 7 heteroatoms. The number of methoxy groups -OCH3 is 1. The molecule has 0 aliphatic rings. The molecule has 0 unspecified atom stereocenters. The zero-order valence-corrected chi connectivity index (χ0v) is 17.5. The largest absolute Gasteiger partial charge is 0.493 e. The van der Waals surface area contributed by atoms with Crippen LogP contribution >= 0.6 is 24.0 Å². The van der Waals surface area contributed by atoms with Crippen molar-refractivity contribution in [3.8, 4) is 11.5 Å². The van der Waals surface area contributed by atoms with Crippen LogP contribution in [0.1, 0.15) is 27.2 Å². The molecule has 1 aromatic rings. The van der Waals surface area contributed by atoms with Crippen LogP contribution in [0.2, 0.25) is 0 Å². The molecule has 1 rings (SSSR count). The van der Waals surface area contributed by atoms with Gasteiger partial charge in [-0.25, -0.2) is 0 Å². The summed E-state index contributed by atoms with van der Waals surface area (Å²) in [7, 11) is 3.37. The Hall–Kier alpha value is -1.22. The fourth-order valence-corrected chi connectivity index (χ4v) is 1.93. The van der Waals surface area contributed by atoms with Crippen LogP contribution in [0, 0.1) is 0 Å². The molecule has 6 nitrogen and oxygen atoms in total. The summed E-state index contributed by atoms with van der Waals surface area (Å²) >= 11 is 0. The molecular formula is C17H30IN3O3. The Bertz CT molecular complexity index is 496. The molecule has 2 N–H and O–H groups in total. The van der Waals surface area contributed by atoms with E-state index in [0.29, 0.717) is 18.3 Å². The molecule has 0 aliphatic heterocycles. The lowest BCUT2D eigenvalue weighted by Crippen LogP contribution is -2.32. The third-order valence-electron chi connectivity index (χ3n) is 3.01. The Balaban J connectivity index is 0.00000529. The number of aliphatic imine (C=N–C) groups is 1. The van der Waals surface area contributed by atoms with Gasteiger partial charge in [-0.15, -0.1) is 24.0 Å². The lowest BCUT2D eigenvalue weighted by Gasteiger charge is -2.15. The minimum Gasteiger partial charge on any atom is -0.493 e. The predicted molar refractivity (Wildman–Crippen MR) is 110 cm³/mol. The van der Waals surface area contributed by atoms with E-state index < -0.39 is 0 Å². The molecule has 0 bridgehead atoms. The molecule has 24 heavy (non-hydrogen) atoms. The first-order chi connectivity index (χ1) is 11.1. The normalized spacial score (nSPS) is 11.0. The first kappa shape index (κ1) is 22.8. The van der Waals surface area contributed by atoms with Crippen LogP contribution in [0.5, 0.6) is 11.5 Å². The van der Waals surface area contributed by atoms with Crippen LogP contribution in [0.25, 0.3) is 0 Å². The summed E-state index contributed by atoms with van der Waals surface area (Å²) in [5, 5.41) is 6.49. The predicted octanol–water partition coefficient (Wildman–Crippen LogP) is 3.51. The summed E-state index contributed by atoms with van der Waals surface area (Å²) in [5.41, 5.74) is 0.886. The molecule has 0 saturated heterocycles. The quantitative estimate of drug-likeness (QED) is 0.261. The summed E-state index contributed by atoms with van der Waals surface area (Å²) in [6.45, 7) is 8.14. The second-order valence-corrected chi connectivity index (χ2v) is 5.20. The highest BCUT2D eigenvalue weighted by molar-refractivity contribution is 14.0. The average molecular weight is 451 g/mol. The van der Waals surface area contributed by atoms with E-state index >= 15 is 0 Å². The van der Waals surface area contributed by atoms with E-state index in [4.69, 9.17) is 14.2 Å². The number of hydrogen-bond donors (Lipinski definition) is 2. The van der Waals surface area contributed by atoms with E-state index in [1.54, 1.807) is 14.2 Å². The van der Waals surface area contributed by atoms with Crippen LogP contribution in [0.4, 0.5) is 5.69 Å². The minimum atomic E-state index is 0. The maximum Gasteiger partial charge on any atom is 0.195 e. The number of nitrogens with one attached hydrogen (secondary N) is 2. The Labute approximate surface area is 162 Å². The van der Waals surface area contributed by atoms with Crippen molar-refractivity contribution in [3.63, 3.8) is 0 Å². The minimum absolute atomic E-state index is 0. The molecule has 0 fully saturated rings. The lowest BCUT2D eigenvalue weighted by molar-refractivity contribution is 0.0777. The molecule has 1 aromatic carbocycles. The first-order valence-corrected chi connectivity index (χ1v) is 8.00. The van der Waals surface area contributed by atoms with Crippen LogP contribution < -0.4 is 20.1 Å². The average Bonchev–Trinajstić information content (AvgIpc) is 2.54. The number of anilines is 1. The third-order valence-corrected chi connectivity index (χ3v) is 3.01. The van der Waals surface area contributed by atoms with Crippen molar-refractivity contribution < 1.29 is 14.2 Å². The van der Waals surface area contributed by atoms with E-state index in [0.717, 1.165) is 31.0 Å². The molecule has 0 saturated carbocycles. The van der Waals surface area contributed by atoms with E-state index in [2.05, 4.69) is 15.6 Å². The molecule has 0 atom stereocenters. The van der Waals surface area contributed by atoms with Gasteiger partial charge >= 0.3 is 0 Å². The van der Waals surface area contributed by atoms with Crippen molar-refractivity contribution in [2.45, 2.75) is 33.3 Å². The van der Waals surface area contributed by atoms with Gasteiger partial charge in [0.1, 0.15) is 0 Å². The number of nitrogens with zero attached hydrogens (tertiary/aromatic N) is 1. The van der Waals surface area contributed by atoms with Crippen LogP contribution in [-0.2, 0) is 4.74 Å². The number of halogens is 1. The maximum absolute atomic E-state index is 5.51. The topological polar surface area (TPSA) is 64.1 Å². The highest BCUT2D eigenvalue weighted by Gasteiger charge is 2.06. The van der Waals surface area contributed by atoms with Crippen molar-refractivity contribution in [1.82, 2.24) is 5.32 Å². The van der Waals surface area contributed by atoms with Gasteiger partial charge in [-0.3, -0.25) is 4.99 Å². The van der Waals surface area contributed by atoms with E-state index in [1.165, 1.54) is 0 Å². The van der Waals surface area contributed by atoms with Crippen LogP contribution in [0.3, 0.4) is 0 Å². The van der Waals surface area contributed by atoms with Gasteiger partial charge in [-0.1, -0.05) is 0 Å². The van der Waals surface area contributed by atoms with Crippen LogP contribution in [0.15, 0.2) is 23.2 Å². The van der Waals surface area contributed by atoms with Crippen molar-refractivity contribution in [2.75, 3.05) is 39.2 Å². The molecule has 0 aliphatic carbocycles. The zero-order valence-electron chi connectivity index (χ0n) is 15.2. The third kappa shape index (κ3) is 8.58. The molecule has 0 spiro atoms. The molecule has 138 valence electrons. The van der Waals surface area contributed by atoms with Crippen LogP contribution in [-0.4, -0.2) is 46.0 Å². The van der Waals surface area contributed by atoms with Crippen molar-refractivity contribution in [2.24, 2.45) is 4.99 Å². The van der Waals surface area contributed by atoms with Gasteiger partial charge in [0.15, 0.2) is 17.5 Å². The van der Waals surface area contributed by atoms with E-state index in [-0.39, 0.29) is 30.1 Å². The molecule has 0 heterocycles. The SMILES string of the molecule is CCOc1ccc(NC(=NC)NCCCOC(C)C)cc1OC.I. The van der Waals surface area contributed by atoms with Gasteiger partial charge in [0.2, 0.25) is 0 Å². The Morgan fingerprint density at radius 3 is 2.58 bits per heavy atom. The molecular weight excluding hydrogens is 421 g/mol. The summed E-state index contributed by atoms with van der Waals surface area (Å²) in [6, 6.07) is 5.70. The Morgan fingerprint density at radius 2 is 2.00 bits per heavy atom. The molecule has 0 radical (unpaired) electrons. The van der Waals surface area contributed by atoms with E-state index in [1.807, 2.05) is 39.0 Å². The van der Waals surface area contributed by atoms with Gasteiger partial charge in [0, 0.05) is 32.0 Å². The Kier molecular flexibility index (Phi) is 12.4. The van der Waals surface area contributed by atoms with Gasteiger partial charge in [0.05, 0.1) is 19.8 Å². The standard InChI is InChI=1S/C17H29N3O3.HI/c1-6-22-15-9-8-14(12-16(15)21-5)20-17(18-4)19-10-7-11-23-13(2)3;/h8-9,12-13H,6-7,10-11H2,1-5H3,(H2,18,19,20);1H. The van der Waals surface area contributed by atoms with Gasteiger partial charge < -0.3 is 24.8 Å². The zero-order chi connectivity index (χ0) is 17.1. The number of hydrogen-bond acceptors (Lipinski definition) is 4. The van der Waals surface area contributed by atoms with Crippen molar-refractivity contribution in [1.29, 1.82) is 0 Å². The number of guanidine groups is 1. The number of benzene rings is 1. The maximum atomic E-state index is 5.51. The fourth-order valence-electron chi connectivity index (χ4n) is 1.93. The van der Waals surface area contributed by atoms with Gasteiger partial charge in [0.25, 0.3) is 0 Å². The summed E-state index contributed by atoms with van der Waals surface area (Å²) < 4.78 is 16.4. The number of rotatable bonds is 9. The highest BCUT2D eigenvalue weighted by Crippen LogP contribution is 2.30. The smallest absolute Gasteiger partial charge is 0.195 e. The molecule has 0 aromatic heterocycles. The van der Waals surface area contributed by atoms with Gasteiger partial charge in [-0.2, -0.15) is 0 Å². The first-order valence-electron chi connectivity index (χ1n) is 8.00. The number of ether oxygens (including phenoxy) is 3. The molecule has 0 amide bonds. The summed E-state index contributed by atoms with van der Waals surface area (Å²) in [6.07, 6.45) is 1.19.